The molecule has 15 heavy (non-hydrogen) atoms. The molecule has 1 heterocycles. The SMILES string of the molecule is Cc1ccc([C@@H](O)c2ccncc2)cc1. The van der Waals surface area contributed by atoms with Gasteiger partial charge in [-0.3, -0.25) is 4.98 Å². The van der Waals surface area contributed by atoms with Crippen LogP contribution >= 0.6 is 0 Å². The zero-order valence-corrected chi connectivity index (χ0v) is 8.59. The summed E-state index contributed by atoms with van der Waals surface area (Å²) in [5.41, 5.74) is 2.97. The van der Waals surface area contributed by atoms with Crippen molar-refractivity contribution >= 4 is 0 Å². The molecule has 1 aromatic carbocycles. The lowest BCUT2D eigenvalue weighted by atomic mass is 10.0. The minimum Gasteiger partial charge on any atom is -0.384 e. The molecule has 0 amide bonds. The average molecular weight is 199 g/mol. The average Bonchev–Trinajstić information content (AvgIpc) is 2.30. The highest BCUT2D eigenvalue weighted by Gasteiger charge is 2.08. The monoisotopic (exact) mass is 199 g/mol. The lowest BCUT2D eigenvalue weighted by Crippen LogP contribution is -1.99. The molecule has 0 radical (unpaired) electrons. The Bertz CT molecular complexity index is 422. The predicted octanol–water partition coefficient (Wildman–Crippen LogP) is 2.47. The topological polar surface area (TPSA) is 33.1 Å². The van der Waals surface area contributed by atoms with Gasteiger partial charge in [0.15, 0.2) is 0 Å². The van der Waals surface area contributed by atoms with Crippen molar-refractivity contribution in [1.29, 1.82) is 0 Å². The predicted molar refractivity (Wildman–Crippen MR) is 59.5 cm³/mol. The maximum Gasteiger partial charge on any atom is 0.104 e. The van der Waals surface area contributed by atoms with Crippen LogP contribution in [0, 0.1) is 6.92 Å². The van der Waals surface area contributed by atoms with Crippen LogP contribution < -0.4 is 0 Å². The van der Waals surface area contributed by atoms with Gasteiger partial charge in [-0.1, -0.05) is 29.8 Å². The summed E-state index contributed by atoms with van der Waals surface area (Å²) in [5.74, 6) is 0. The lowest BCUT2D eigenvalue weighted by molar-refractivity contribution is 0.220. The van der Waals surface area contributed by atoms with Crippen molar-refractivity contribution < 1.29 is 5.11 Å². The van der Waals surface area contributed by atoms with Crippen LogP contribution in [0.2, 0.25) is 0 Å². The minimum absolute atomic E-state index is 0.561. The van der Waals surface area contributed by atoms with Crippen LogP contribution in [0.25, 0.3) is 0 Å². The van der Waals surface area contributed by atoms with Crippen LogP contribution in [0.1, 0.15) is 22.8 Å². The minimum atomic E-state index is -0.561. The Morgan fingerprint density at radius 2 is 1.47 bits per heavy atom. The van der Waals surface area contributed by atoms with Gasteiger partial charge in [-0.05, 0) is 30.2 Å². The molecule has 0 bridgehead atoms. The van der Waals surface area contributed by atoms with Crippen molar-refractivity contribution in [3.8, 4) is 0 Å². The van der Waals surface area contributed by atoms with Crippen LogP contribution in [0.3, 0.4) is 0 Å². The zero-order valence-electron chi connectivity index (χ0n) is 8.59. The fraction of sp³-hybridized carbons (Fsp3) is 0.154. The van der Waals surface area contributed by atoms with Crippen LogP contribution in [0.4, 0.5) is 0 Å². The van der Waals surface area contributed by atoms with Gasteiger partial charge in [-0.25, -0.2) is 0 Å². The van der Waals surface area contributed by atoms with E-state index in [1.165, 1.54) is 5.56 Å². The Hall–Kier alpha value is -1.67. The Kier molecular flexibility index (Phi) is 2.79. The van der Waals surface area contributed by atoms with Gasteiger partial charge in [0.2, 0.25) is 0 Å². The number of rotatable bonds is 2. The highest BCUT2D eigenvalue weighted by atomic mass is 16.3. The molecule has 0 fully saturated rings. The Balaban J connectivity index is 2.29. The van der Waals surface area contributed by atoms with Gasteiger partial charge in [-0.2, -0.15) is 0 Å². The number of aliphatic hydroxyl groups excluding tert-OH is 1. The first-order valence-electron chi connectivity index (χ1n) is 4.92. The first-order chi connectivity index (χ1) is 7.27. The Labute approximate surface area is 89.2 Å². The second-order valence-electron chi connectivity index (χ2n) is 3.59. The number of hydrogen-bond acceptors (Lipinski definition) is 2. The third kappa shape index (κ3) is 2.22. The van der Waals surface area contributed by atoms with Crippen molar-refractivity contribution in [2.45, 2.75) is 13.0 Å². The number of hydrogen-bond donors (Lipinski definition) is 1. The van der Waals surface area contributed by atoms with E-state index in [2.05, 4.69) is 4.98 Å². The number of benzene rings is 1. The smallest absolute Gasteiger partial charge is 0.104 e. The van der Waals surface area contributed by atoms with E-state index in [0.29, 0.717) is 0 Å². The zero-order chi connectivity index (χ0) is 10.7. The number of aromatic nitrogens is 1. The Morgan fingerprint density at radius 1 is 0.933 bits per heavy atom. The van der Waals surface area contributed by atoms with Crippen molar-refractivity contribution in [3.05, 3.63) is 65.5 Å². The van der Waals surface area contributed by atoms with E-state index in [1.54, 1.807) is 12.4 Å². The van der Waals surface area contributed by atoms with E-state index in [-0.39, 0.29) is 0 Å². The highest BCUT2D eigenvalue weighted by molar-refractivity contribution is 5.30. The van der Waals surface area contributed by atoms with Crippen molar-refractivity contribution in [2.75, 3.05) is 0 Å². The fourth-order valence-electron chi connectivity index (χ4n) is 1.49. The molecule has 0 saturated heterocycles. The van der Waals surface area contributed by atoms with Crippen molar-refractivity contribution in [1.82, 2.24) is 4.98 Å². The van der Waals surface area contributed by atoms with Gasteiger partial charge in [-0.15, -0.1) is 0 Å². The van der Waals surface area contributed by atoms with E-state index >= 15 is 0 Å². The molecule has 0 spiro atoms. The normalized spacial score (nSPS) is 12.4. The number of pyridine rings is 1. The number of aryl methyl sites for hydroxylation is 1. The van der Waals surface area contributed by atoms with Gasteiger partial charge >= 0.3 is 0 Å². The summed E-state index contributed by atoms with van der Waals surface area (Å²) in [7, 11) is 0. The second kappa shape index (κ2) is 4.24. The molecule has 1 aromatic heterocycles. The quantitative estimate of drug-likeness (QED) is 0.806. The van der Waals surface area contributed by atoms with Gasteiger partial charge in [0, 0.05) is 12.4 Å². The molecular weight excluding hydrogens is 186 g/mol. The van der Waals surface area contributed by atoms with Gasteiger partial charge < -0.3 is 5.11 Å². The molecule has 1 atom stereocenters. The van der Waals surface area contributed by atoms with Crippen molar-refractivity contribution in [3.63, 3.8) is 0 Å². The van der Waals surface area contributed by atoms with Gasteiger partial charge in [0.05, 0.1) is 0 Å². The molecule has 0 aliphatic heterocycles. The summed E-state index contributed by atoms with van der Waals surface area (Å²) in [6, 6.07) is 11.5. The van der Waals surface area contributed by atoms with Crippen LogP contribution in [-0.4, -0.2) is 10.1 Å². The molecule has 0 unspecified atom stereocenters. The maximum absolute atomic E-state index is 10.1. The summed E-state index contributed by atoms with van der Waals surface area (Å²) < 4.78 is 0. The summed E-state index contributed by atoms with van der Waals surface area (Å²) >= 11 is 0. The van der Waals surface area contributed by atoms with Gasteiger partial charge in [0.1, 0.15) is 6.10 Å². The van der Waals surface area contributed by atoms with E-state index in [4.69, 9.17) is 0 Å². The first kappa shape index (κ1) is 9.87. The maximum atomic E-state index is 10.1. The van der Waals surface area contributed by atoms with Crippen molar-refractivity contribution in [2.24, 2.45) is 0 Å². The molecular formula is C13H13NO. The van der Waals surface area contributed by atoms with Gasteiger partial charge in [0.25, 0.3) is 0 Å². The third-order valence-corrected chi connectivity index (χ3v) is 2.41. The molecule has 2 nitrogen and oxygen atoms in total. The molecule has 76 valence electrons. The molecule has 2 rings (SSSR count). The molecule has 2 aromatic rings. The summed E-state index contributed by atoms with van der Waals surface area (Å²) in [6.07, 6.45) is 2.81. The molecule has 0 saturated carbocycles. The molecule has 2 heteroatoms. The fourth-order valence-corrected chi connectivity index (χ4v) is 1.49. The molecule has 0 aliphatic carbocycles. The largest absolute Gasteiger partial charge is 0.384 e. The first-order valence-corrected chi connectivity index (χ1v) is 4.92. The number of nitrogens with zero attached hydrogens (tertiary/aromatic N) is 1. The Morgan fingerprint density at radius 3 is 2.07 bits per heavy atom. The molecule has 1 N–H and O–H groups in total. The standard InChI is InChI=1S/C13H13NO/c1-10-2-4-11(5-3-10)13(15)12-6-8-14-9-7-12/h2-9,13,15H,1H3/t13-/m1/s1. The molecule has 0 aliphatic rings. The summed E-state index contributed by atoms with van der Waals surface area (Å²) in [5, 5.41) is 10.1. The van der Waals surface area contributed by atoms with Crippen LogP contribution in [0.5, 0.6) is 0 Å². The second-order valence-corrected chi connectivity index (χ2v) is 3.59. The van der Waals surface area contributed by atoms with E-state index < -0.39 is 6.10 Å². The van der Waals surface area contributed by atoms with E-state index in [0.717, 1.165) is 11.1 Å². The lowest BCUT2D eigenvalue weighted by Gasteiger charge is -2.10. The van der Waals surface area contributed by atoms with Crippen LogP contribution in [0.15, 0.2) is 48.8 Å². The van der Waals surface area contributed by atoms with E-state index in [1.807, 2.05) is 43.3 Å². The highest BCUT2D eigenvalue weighted by Crippen LogP contribution is 2.21. The van der Waals surface area contributed by atoms with Crippen LogP contribution in [-0.2, 0) is 0 Å². The number of aliphatic hydroxyl groups is 1. The summed E-state index contributed by atoms with van der Waals surface area (Å²) in [4.78, 5) is 3.92. The third-order valence-electron chi connectivity index (χ3n) is 2.41. The van der Waals surface area contributed by atoms with E-state index in [9.17, 15) is 5.11 Å². The summed E-state index contributed by atoms with van der Waals surface area (Å²) in [6.45, 7) is 2.03.